The molecule has 0 fully saturated rings. The molecule has 16 heavy (non-hydrogen) atoms. The average molecular weight is 296 g/mol. The Kier molecular flexibility index (Phi) is 6.40. The first-order chi connectivity index (χ1) is 7.26. The first-order valence-electron chi connectivity index (χ1n) is 5.02. The number of carboxylic acids is 1. The minimum absolute atomic E-state index is 0.0792. The van der Waals surface area contributed by atoms with E-state index in [1.807, 2.05) is 0 Å². The van der Waals surface area contributed by atoms with Gasteiger partial charge in [-0.15, -0.1) is 0 Å². The fourth-order valence-electron chi connectivity index (χ4n) is 0.965. The standard InChI is InChI=1S/C10H18BrNO4/c1-10(2,3)16-9(15)12-6-7(4-5-11)8(13)14/h7H,4-6H2,1-3H3,(H,12,15)(H,13,14). The van der Waals surface area contributed by atoms with Gasteiger partial charge in [0, 0.05) is 11.9 Å². The Morgan fingerprint density at radius 2 is 2.00 bits per heavy atom. The third-order valence-electron chi connectivity index (χ3n) is 1.70. The molecule has 0 saturated heterocycles. The summed E-state index contributed by atoms with van der Waals surface area (Å²) in [6.45, 7) is 5.33. The second-order valence-electron chi connectivity index (χ2n) is 4.40. The van der Waals surface area contributed by atoms with E-state index in [1.54, 1.807) is 20.8 Å². The van der Waals surface area contributed by atoms with E-state index in [9.17, 15) is 9.59 Å². The third-order valence-corrected chi connectivity index (χ3v) is 2.16. The van der Waals surface area contributed by atoms with Gasteiger partial charge in [-0.25, -0.2) is 4.79 Å². The Bertz CT molecular complexity index is 250. The van der Waals surface area contributed by atoms with Crippen LogP contribution in [0.4, 0.5) is 4.79 Å². The topological polar surface area (TPSA) is 75.6 Å². The van der Waals surface area contributed by atoms with E-state index in [2.05, 4.69) is 21.2 Å². The van der Waals surface area contributed by atoms with Crippen LogP contribution in [0.3, 0.4) is 0 Å². The summed E-state index contributed by atoms with van der Waals surface area (Å²) in [5.41, 5.74) is -0.571. The first kappa shape index (κ1) is 15.2. The molecule has 1 atom stereocenters. The van der Waals surface area contributed by atoms with Crippen molar-refractivity contribution in [3.8, 4) is 0 Å². The van der Waals surface area contributed by atoms with Crippen LogP contribution in [0.15, 0.2) is 0 Å². The molecular formula is C10H18BrNO4. The number of alkyl carbamates (subject to hydrolysis) is 1. The Labute approximate surface area is 104 Å². The SMILES string of the molecule is CC(C)(C)OC(=O)NCC(CCBr)C(=O)O. The second kappa shape index (κ2) is 6.73. The average Bonchev–Trinajstić information content (AvgIpc) is 2.08. The highest BCUT2D eigenvalue weighted by molar-refractivity contribution is 9.09. The maximum Gasteiger partial charge on any atom is 0.407 e. The Morgan fingerprint density at radius 1 is 1.44 bits per heavy atom. The van der Waals surface area contributed by atoms with Crippen LogP contribution in [0.1, 0.15) is 27.2 Å². The molecule has 5 nitrogen and oxygen atoms in total. The van der Waals surface area contributed by atoms with Crippen LogP contribution in [-0.4, -0.2) is 34.6 Å². The molecule has 0 bridgehead atoms. The van der Waals surface area contributed by atoms with Crippen LogP contribution >= 0.6 is 15.9 Å². The van der Waals surface area contributed by atoms with Crippen molar-refractivity contribution in [3.05, 3.63) is 0 Å². The highest BCUT2D eigenvalue weighted by Gasteiger charge is 2.20. The molecule has 6 heteroatoms. The smallest absolute Gasteiger partial charge is 0.407 e. The summed E-state index contributed by atoms with van der Waals surface area (Å²) in [7, 11) is 0. The maximum absolute atomic E-state index is 11.3. The molecule has 1 unspecified atom stereocenters. The Balaban J connectivity index is 4.01. The van der Waals surface area contributed by atoms with Crippen LogP contribution < -0.4 is 5.32 Å². The molecule has 0 aromatic rings. The van der Waals surface area contributed by atoms with Crippen LogP contribution in [0.5, 0.6) is 0 Å². The van der Waals surface area contributed by atoms with Gasteiger partial charge in [0.05, 0.1) is 5.92 Å². The lowest BCUT2D eigenvalue weighted by atomic mass is 10.1. The molecule has 0 aliphatic rings. The van der Waals surface area contributed by atoms with Gasteiger partial charge in [-0.2, -0.15) is 0 Å². The summed E-state index contributed by atoms with van der Waals surface area (Å²) >= 11 is 3.17. The number of halogens is 1. The molecule has 0 aliphatic heterocycles. The predicted molar refractivity (Wildman–Crippen MR) is 63.8 cm³/mol. The van der Waals surface area contributed by atoms with E-state index in [0.717, 1.165) is 0 Å². The van der Waals surface area contributed by atoms with E-state index < -0.39 is 23.6 Å². The summed E-state index contributed by atoms with van der Waals surface area (Å²) in [6.07, 6.45) is -0.126. The molecule has 1 amide bonds. The summed E-state index contributed by atoms with van der Waals surface area (Å²) in [6, 6.07) is 0. The Morgan fingerprint density at radius 3 is 2.38 bits per heavy atom. The lowest BCUT2D eigenvalue weighted by Crippen LogP contribution is -2.37. The number of hydrogen-bond acceptors (Lipinski definition) is 3. The number of ether oxygens (including phenoxy) is 1. The van der Waals surface area contributed by atoms with Gasteiger partial charge in [0.15, 0.2) is 0 Å². The summed E-state index contributed by atoms with van der Waals surface area (Å²) < 4.78 is 4.99. The van der Waals surface area contributed by atoms with Gasteiger partial charge in [0.1, 0.15) is 5.60 Å². The van der Waals surface area contributed by atoms with Crippen molar-refractivity contribution in [3.63, 3.8) is 0 Å². The number of carbonyl (C=O) groups excluding carboxylic acids is 1. The van der Waals surface area contributed by atoms with Crippen molar-refractivity contribution in [1.82, 2.24) is 5.32 Å². The summed E-state index contributed by atoms with van der Waals surface area (Å²) in [4.78, 5) is 22.0. The number of hydrogen-bond donors (Lipinski definition) is 2. The normalized spacial score (nSPS) is 13.0. The largest absolute Gasteiger partial charge is 0.481 e. The van der Waals surface area contributed by atoms with E-state index in [1.165, 1.54) is 0 Å². The number of amides is 1. The highest BCUT2D eigenvalue weighted by Crippen LogP contribution is 2.08. The molecule has 94 valence electrons. The van der Waals surface area contributed by atoms with Gasteiger partial charge in [-0.1, -0.05) is 15.9 Å². The van der Waals surface area contributed by atoms with Crippen LogP contribution in [0.2, 0.25) is 0 Å². The van der Waals surface area contributed by atoms with E-state index >= 15 is 0 Å². The van der Waals surface area contributed by atoms with Gasteiger partial charge < -0.3 is 15.2 Å². The molecule has 0 radical (unpaired) electrons. The maximum atomic E-state index is 11.3. The number of alkyl halides is 1. The van der Waals surface area contributed by atoms with Gasteiger partial charge in [-0.05, 0) is 27.2 Å². The van der Waals surface area contributed by atoms with Gasteiger partial charge in [-0.3, -0.25) is 4.79 Å². The van der Waals surface area contributed by atoms with Crippen molar-refractivity contribution >= 4 is 28.0 Å². The fraction of sp³-hybridized carbons (Fsp3) is 0.800. The van der Waals surface area contributed by atoms with Crippen molar-refractivity contribution in [2.24, 2.45) is 5.92 Å². The lowest BCUT2D eigenvalue weighted by molar-refractivity contribution is -0.141. The zero-order chi connectivity index (χ0) is 12.8. The number of aliphatic carboxylic acids is 1. The fourth-order valence-corrected chi connectivity index (χ4v) is 1.52. The van der Waals surface area contributed by atoms with E-state index in [0.29, 0.717) is 11.8 Å². The van der Waals surface area contributed by atoms with Gasteiger partial charge >= 0.3 is 12.1 Å². The minimum Gasteiger partial charge on any atom is -0.481 e. The molecule has 2 N–H and O–H groups in total. The summed E-state index contributed by atoms with van der Waals surface area (Å²) in [5.74, 6) is -1.51. The number of rotatable bonds is 5. The molecule has 0 aromatic heterocycles. The second-order valence-corrected chi connectivity index (χ2v) is 5.19. The quantitative estimate of drug-likeness (QED) is 0.761. The third kappa shape index (κ3) is 7.50. The lowest BCUT2D eigenvalue weighted by Gasteiger charge is -2.20. The zero-order valence-electron chi connectivity index (χ0n) is 9.75. The zero-order valence-corrected chi connectivity index (χ0v) is 11.3. The van der Waals surface area contributed by atoms with Crippen molar-refractivity contribution in [1.29, 1.82) is 0 Å². The molecule has 0 spiro atoms. The predicted octanol–water partition coefficient (Wildman–Crippen LogP) is 2.00. The van der Waals surface area contributed by atoms with Crippen molar-refractivity contribution < 1.29 is 19.4 Å². The minimum atomic E-state index is -0.921. The van der Waals surface area contributed by atoms with Crippen LogP contribution in [0.25, 0.3) is 0 Å². The molecular weight excluding hydrogens is 278 g/mol. The van der Waals surface area contributed by atoms with E-state index in [-0.39, 0.29) is 6.54 Å². The molecule has 0 aromatic carbocycles. The molecule has 0 rings (SSSR count). The highest BCUT2D eigenvalue weighted by atomic mass is 79.9. The Hall–Kier alpha value is -0.780. The van der Waals surface area contributed by atoms with Crippen LogP contribution in [-0.2, 0) is 9.53 Å². The van der Waals surface area contributed by atoms with Gasteiger partial charge in [0.2, 0.25) is 0 Å². The molecule has 0 saturated carbocycles. The van der Waals surface area contributed by atoms with Crippen molar-refractivity contribution in [2.75, 3.05) is 11.9 Å². The van der Waals surface area contributed by atoms with Crippen LogP contribution in [0, 0.1) is 5.92 Å². The number of nitrogens with one attached hydrogen (secondary N) is 1. The molecule has 0 heterocycles. The monoisotopic (exact) mass is 295 g/mol. The summed E-state index contributed by atoms with van der Waals surface area (Å²) in [5, 5.41) is 11.9. The van der Waals surface area contributed by atoms with E-state index in [4.69, 9.17) is 9.84 Å². The number of carbonyl (C=O) groups is 2. The molecule has 0 aliphatic carbocycles. The number of carboxylic acid groups (broad SMARTS) is 1. The van der Waals surface area contributed by atoms with Crippen molar-refractivity contribution in [2.45, 2.75) is 32.8 Å². The first-order valence-corrected chi connectivity index (χ1v) is 6.14. The van der Waals surface area contributed by atoms with Gasteiger partial charge in [0.25, 0.3) is 0 Å².